The van der Waals surface area contributed by atoms with Crippen LogP contribution in [0.2, 0.25) is 0 Å². The number of nitrogens with zero attached hydrogens (tertiary/aromatic N) is 4. The van der Waals surface area contributed by atoms with Crippen LogP contribution >= 0.6 is 0 Å². The van der Waals surface area contributed by atoms with E-state index >= 15 is 0 Å². The molecule has 0 bridgehead atoms. The second-order valence-corrected chi connectivity index (χ2v) is 7.78. The van der Waals surface area contributed by atoms with Crippen molar-refractivity contribution in [2.45, 2.75) is 24.6 Å². The lowest BCUT2D eigenvalue weighted by Gasteiger charge is -2.33. The standard InChI is InChI=1S/C15H15N5O4S/c21-15(10-7-11(8-10)20-6-5-16-19-20)18-25(22,23)9-13-12-3-1-2-4-14(12)24-17-13/h1-6,10-11H,7-9H2,(H,18,21). The van der Waals surface area contributed by atoms with Crippen LogP contribution in [0.3, 0.4) is 0 Å². The maximum atomic E-state index is 12.3. The van der Waals surface area contributed by atoms with Crippen LogP contribution in [0.25, 0.3) is 11.0 Å². The third-order valence-corrected chi connectivity index (χ3v) is 5.50. The number of para-hydroxylation sites is 1. The highest BCUT2D eigenvalue weighted by atomic mass is 32.2. The summed E-state index contributed by atoms with van der Waals surface area (Å²) in [5.41, 5.74) is 0.790. The van der Waals surface area contributed by atoms with Gasteiger partial charge in [0.1, 0.15) is 11.4 Å². The Morgan fingerprint density at radius 3 is 2.88 bits per heavy atom. The molecule has 1 saturated carbocycles. The normalized spacial score (nSPS) is 20.3. The van der Waals surface area contributed by atoms with Crippen molar-refractivity contribution >= 4 is 26.9 Å². The Hall–Kier alpha value is -2.75. The maximum Gasteiger partial charge on any atom is 0.240 e. The first-order valence-corrected chi connectivity index (χ1v) is 9.40. The number of carbonyl (C=O) groups is 1. The van der Waals surface area contributed by atoms with Crippen molar-refractivity contribution in [2.24, 2.45) is 5.92 Å². The molecule has 1 aromatic carbocycles. The molecular weight excluding hydrogens is 346 g/mol. The minimum atomic E-state index is -3.84. The van der Waals surface area contributed by atoms with Crippen molar-refractivity contribution < 1.29 is 17.7 Å². The Morgan fingerprint density at radius 1 is 1.32 bits per heavy atom. The van der Waals surface area contributed by atoms with Gasteiger partial charge in [0, 0.05) is 17.5 Å². The Balaban J connectivity index is 1.39. The molecule has 1 fully saturated rings. The minimum Gasteiger partial charge on any atom is -0.356 e. The first kappa shape index (κ1) is 15.8. The molecule has 25 heavy (non-hydrogen) atoms. The topological polar surface area (TPSA) is 120 Å². The van der Waals surface area contributed by atoms with E-state index in [0.29, 0.717) is 23.8 Å². The molecule has 2 aromatic heterocycles. The summed E-state index contributed by atoms with van der Waals surface area (Å²) in [6.45, 7) is 0. The Labute approximate surface area is 143 Å². The molecule has 1 N–H and O–H groups in total. The molecule has 1 amide bonds. The third-order valence-electron chi connectivity index (χ3n) is 4.33. The zero-order valence-corrected chi connectivity index (χ0v) is 13.9. The van der Waals surface area contributed by atoms with Gasteiger partial charge >= 0.3 is 0 Å². The van der Waals surface area contributed by atoms with Gasteiger partial charge < -0.3 is 4.52 Å². The molecule has 1 aliphatic rings. The Morgan fingerprint density at radius 2 is 2.12 bits per heavy atom. The lowest BCUT2D eigenvalue weighted by Crippen LogP contribution is -2.42. The van der Waals surface area contributed by atoms with E-state index in [-0.39, 0.29) is 17.7 Å². The van der Waals surface area contributed by atoms with Gasteiger partial charge in [0.15, 0.2) is 5.58 Å². The average molecular weight is 361 g/mol. The lowest BCUT2D eigenvalue weighted by atomic mass is 9.80. The molecule has 0 radical (unpaired) electrons. The molecule has 0 spiro atoms. The summed E-state index contributed by atoms with van der Waals surface area (Å²) in [5.74, 6) is -1.25. The highest BCUT2D eigenvalue weighted by Crippen LogP contribution is 2.37. The maximum absolute atomic E-state index is 12.3. The Kier molecular flexibility index (Phi) is 3.75. The summed E-state index contributed by atoms with van der Waals surface area (Å²) in [6.07, 6.45) is 4.38. The van der Waals surface area contributed by atoms with Crippen molar-refractivity contribution in [1.29, 1.82) is 0 Å². The van der Waals surface area contributed by atoms with E-state index in [4.69, 9.17) is 4.52 Å². The van der Waals surface area contributed by atoms with Crippen LogP contribution in [0.5, 0.6) is 0 Å². The molecule has 2 heterocycles. The van der Waals surface area contributed by atoms with Crippen LogP contribution in [0, 0.1) is 5.92 Å². The van der Waals surface area contributed by atoms with Crippen LogP contribution in [0.15, 0.2) is 41.2 Å². The van der Waals surface area contributed by atoms with E-state index in [1.54, 1.807) is 41.3 Å². The fourth-order valence-electron chi connectivity index (χ4n) is 2.92. The molecule has 0 aliphatic heterocycles. The van der Waals surface area contributed by atoms with Gasteiger partial charge in [-0.3, -0.25) is 9.52 Å². The van der Waals surface area contributed by atoms with Gasteiger partial charge in [0.2, 0.25) is 15.9 Å². The van der Waals surface area contributed by atoms with Crippen molar-refractivity contribution in [2.75, 3.05) is 0 Å². The van der Waals surface area contributed by atoms with Gasteiger partial charge in [-0.1, -0.05) is 22.5 Å². The fourth-order valence-corrected chi connectivity index (χ4v) is 4.04. The molecule has 0 unspecified atom stereocenters. The molecular formula is C15H15N5O4S. The SMILES string of the molecule is O=C(NS(=O)(=O)Cc1noc2ccccc12)C1CC(n2ccnn2)C1. The number of nitrogens with one attached hydrogen (secondary N) is 1. The first-order valence-electron chi connectivity index (χ1n) is 7.75. The number of fused-ring (bicyclic) bond motifs is 1. The van der Waals surface area contributed by atoms with Crippen molar-refractivity contribution in [3.05, 3.63) is 42.4 Å². The van der Waals surface area contributed by atoms with Crippen LogP contribution in [0.4, 0.5) is 0 Å². The quantitative estimate of drug-likeness (QED) is 0.720. The van der Waals surface area contributed by atoms with Crippen LogP contribution in [-0.2, 0) is 20.6 Å². The summed E-state index contributed by atoms with van der Waals surface area (Å²) in [7, 11) is -3.84. The van der Waals surface area contributed by atoms with Crippen molar-refractivity contribution in [3.63, 3.8) is 0 Å². The number of carbonyl (C=O) groups excluding carboxylic acids is 1. The molecule has 1 aliphatic carbocycles. The highest BCUT2D eigenvalue weighted by Gasteiger charge is 2.37. The molecule has 4 rings (SSSR count). The second-order valence-electron chi connectivity index (χ2n) is 6.06. The summed E-state index contributed by atoms with van der Waals surface area (Å²) in [6, 6.07) is 7.06. The lowest BCUT2D eigenvalue weighted by molar-refractivity contribution is -0.127. The number of benzene rings is 1. The zero-order valence-electron chi connectivity index (χ0n) is 13.1. The van der Waals surface area contributed by atoms with E-state index < -0.39 is 21.7 Å². The number of sulfonamides is 1. The van der Waals surface area contributed by atoms with Crippen molar-refractivity contribution in [3.8, 4) is 0 Å². The minimum absolute atomic E-state index is 0.0837. The number of rotatable bonds is 5. The van der Waals surface area contributed by atoms with E-state index in [0.717, 1.165) is 0 Å². The van der Waals surface area contributed by atoms with E-state index in [9.17, 15) is 13.2 Å². The number of hydrogen-bond donors (Lipinski definition) is 1. The fraction of sp³-hybridized carbons (Fsp3) is 0.333. The second kappa shape index (κ2) is 5.96. The molecule has 130 valence electrons. The van der Waals surface area contributed by atoms with Gasteiger partial charge in [0.05, 0.1) is 12.2 Å². The smallest absolute Gasteiger partial charge is 0.240 e. The predicted molar refractivity (Wildman–Crippen MR) is 86.6 cm³/mol. The Bertz CT molecular complexity index is 1010. The van der Waals surface area contributed by atoms with Crippen LogP contribution in [0.1, 0.15) is 24.6 Å². The van der Waals surface area contributed by atoms with Gasteiger partial charge in [-0.25, -0.2) is 13.1 Å². The number of hydrogen-bond acceptors (Lipinski definition) is 7. The monoisotopic (exact) mass is 361 g/mol. The number of amides is 1. The van der Waals surface area contributed by atoms with Gasteiger partial charge in [0.25, 0.3) is 0 Å². The van der Waals surface area contributed by atoms with E-state index in [1.165, 1.54) is 0 Å². The van der Waals surface area contributed by atoms with E-state index in [2.05, 4.69) is 20.2 Å². The van der Waals surface area contributed by atoms with Crippen LogP contribution < -0.4 is 4.72 Å². The molecule has 0 atom stereocenters. The largest absolute Gasteiger partial charge is 0.356 e. The molecule has 9 nitrogen and oxygen atoms in total. The average Bonchev–Trinajstić information content (AvgIpc) is 3.16. The third kappa shape index (κ3) is 3.12. The van der Waals surface area contributed by atoms with Gasteiger partial charge in [-0.2, -0.15) is 0 Å². The number of aromatic nitrogens is 4. The van der Waals surface area contributed by atoms with Crippen molar-refractivity contribution in [1.82, 2.24) is 24.9 Å². The molecule has 0 saturated heterocycles. The molecule has 3 aromatic rings. The zero-order chi connectivity index (χ0) is 17.4. The summed E-state index contributed by atoms with van der Waals surface area (Å²) < 4.78 is 33.4. The summed E-state index contributed by atoms with van der Waals surface area (Å²) in [4.78, 5) is 12.2. The van der Waals surface area contributed by atoms with Crippen LogP contribution in [-0.4, -0.2) is 34.5 Å². The highest BCUT2D eigenvalue weighted by molar-refractivity contribution is 7.89. The van der Waals surface area contributed by atoms with Gasteiger partial charge in [-0.15, -0.1) is 5.10 Å². The predicted octanol–water partition coefficient (Wildman–Crippen LogP) is 1.02. The van der Waals surface area contributed by atoms with E-state index in [1.807, 2.05) is 0 Å². The van der Waals surface area contributed by atoms with Gasteiger partial charge in [-0.05, 0) is 25.0 Å². The summed E-state index contributed by atoms with van der Waals surface area (Å²) >= 11 is 0. The summed E-state index contributed by atoms with van der Waals surface area (Å²) in [5, 5.41) is 12.0. The first-order chi connectivity index (χ1) is 12.0. The molecule has 10 heteroatoms.